The van der Waals surface area contributed by atoms with Gasteiger partial charge in [0.2, 0.25) is 11.8 Å². The van der Waals surface area contributed by atoms with E-state index in [1.807, 2.05) is 49.4 Å². The van der Waals surface area contributed by atoms with Crippen molar-refractivity contribution in [3.63, 3.8) is 0 Å². The number of ether oxygens (including phenoxy) is 3. The molecule has 49 heavy (non-hydrogen) atoms. The lowest BCUT2D eigenvalue weighted by molar-refractivity contribution is -0.164. The fraction of sp³-hybridized carbons (Fsp3) is 0.459. The highest BCUT2D eigenvalue weighted by atomic mass is 79.9. The number of aliphatic hydroxyl groups excluding tert-OH is 1. The number of anilines is 1. The summed E-state index contributed by atoms with van der Waals surface area (Å²) in [5.41, 5.74) is -0.150. The van der Waals surface area contributed by atoms with E-state index in [4.69, 9.17) is 14.2 Å². The SMILES string of the molecule is COc1ccc(N2C/C=C\CCC(=O)N(C)[C@H](C)[C@@H](c3ccccc3)OC(=O)[C@@H]3[C@H]4O[C@@]5(C=C4Br)[C@H](C2=O)N(CCCCO)C(=O)[C@@H]35)cc1. The van der Waals surface area contributed by atoms with Crippen LogP contribution in [0.2, 0.25) is 0 Å². The lowest BCUT2D eigenvalue weighted by atomic mass is 9.74. The van der Waals surface area contributed by atoms with Gasteiger partial charge in [-0.3, -0.25) is 19.2 Å². The molecule has 0 aromatic heterocycles. The van der Waals surface area contributed by atoms with Crippen LogP contribution in [0, 0.1) is 11.8 Å². The van der Waals surface area contributed by atoms with Crippen LogP contribution in [0.1, 0.15) is 44.3 Å². The van der Waals surface area contributed by atoms with Gasteiger partial charge in [-0.2, -0.15) is 0 Å². The summed E-state index contributed by atoms with van der Waals surface area (Å²) in [7, 11) is 3.26. The maximum absolute atomic E-state index is 14.9. The number of carbonyl (C=O) groups is 4. The zero-order valence-corrected chi connectivity index (χ0v) is 29.5. The first-order chi connectivity index (χ1) is 23.6. The summed E-state index contributed by atoms with van der Waals surface area (Å²) in [5, 5.41) is 9.56. The molecule has 0 aliphatic carbocycles. The van der Waals surface area contributed by atoms with Crippen molar-refractivity contribution in [2.75, 3.05) is 38.8 Å². The zero-order chi connectivity index (χ0) is 34.9. The number of unbranched alkanes of at least 4 members (excludes halogenated alkanes) is 1. The lowest BCUT2D eigenvalue weighted by Crippen LogP contribution is -2.56. The molecule has 1 spiro atoms. The monoisotopic (exact) mass is 735 g/mol. The average Bonchev–Trinajstić information content (AvgIpc) is 3.71. The summed E-state index contributed by atoms with van der Waals surface area (Å²) in [5.74, 6) is -2.97. The molecule has 260 valence electrons. The minimum atomic E-state index is -1.44. The molecular weight excluding hydrogens is 694 g/mol. The molecule has 4 aliphatic heterocycles. The molecule has 7 atom stereocenters. The predicted molar refractivity (Wildman–Crippen MR) is 185 cm³/mol. The van der Waals surface area contributed by atoms with E-state index < -0.39 is 47.7 Å². The summed E-state index contributed by atoms with van der Waals surface area (Å²) in [4.78, 5) is 62.0. The van der Waals surface area contributed by atoms with Crippen molar-refractivity contribution in [2.24, 2.45) is 11.8 Å². The summed E-state index contributed by atoms with van der Waals surface area (Å²) in [6.45, 7) is 2.13. The van der Waals surface area contributed by atoms with Gasteiger partial charge in [0.25, 0.3) is 5.91 Å². The molecule has 1 N–H and O–H groups in total. The summed E-state index contributed by atoms with van der Waals surface area (Å²) in [6, 6.07) is 14.7. The Morgan fingerprint density at radius 3 is 2.41 bits per heavy atom. The first-order valence-corrected chi connectivity index (χ1v) is 17.5. The van der Waals surface area contributed by atoms with Gasteiger partial charge in [0.05, 0.1) is 19.1 Å². The second-order valence-corrected chi connectivity index (χ2v) is 13.9. The number of benzene rings is 2. The molecule has 4 aliphatic rings. The number of cyclic esters (lactones) is 1. The van der Waals surface area contributed by atoms with Gasteiger partial charge in [-0.15, -0.1) is 0 Å². The van der Waals surface area contributed by atoms with Crippen molar-refractivity contribution < 1.29 is 38.5 Å². The van der Waals surface area contributed by atoms with Crippen LogP contribution in [0.15, 0.2) is 77.3 Å². The van der Waals surface area contributed by atoms with Gasteiger partial charge in [0, 0.05) is 43.3 Å². The van der Waals surface area contributed by atoms with Crippen molar-refractivity contribution in [3.8, 4) is 5.75 Å². The molecule has 5 bridgehead atoms. The Morgan fingerprint density at radius 2 is 1.71 bits per heavy atom. The Balaban J connectivity index is 1.47. The van der Waals surface area contributed by atoms with Crippen molar-refractivity contribution in [1.29, 1.82) is 0 Å². The minimum absolute atomic E-state index is 0.0625. The second-order valence-electron chi connectivity index (χ2n) is 13.0. The van der Waals surface area contributed by atoms with Gasteiger partial charge >= 0.3 is 5.97 Å². The fourth-order valence-corrected chi connectivity index (χ4v) is 8.27. The number of hydrogen-bond acceptors (Lipinski definition) is 8. The molecule has 2 fully saturated rings. The smallest absolute Gasteiger partial charge is 0.313 e. The molecule has 0 unspecified atom stereocenters. The van der Waals surface area contributed by atoms with Gasteiger partial charge in [0.15, 0.2) is 0 Å². The summed E-state index contributed by atoms with van der Waals surface area (Å²) >= 11 is 3.61. The van der Waals surface area contributed by atoms with Crippen molar-refractivity contribution in [2.45, 2.75) is 62.5 Å². The normalized spacial score (nSPS) is 31.1. The third-order valence-electron chi connectivity index (χ3n) is 10.2. The zero-order valence-electron chi connectivity index (χ0n) is 27.9. The number of esters is 1. The van der Waals surface area contributed by atoms with E-state index in [-0.39, 0.29) is 43.8 Å². The molecule has 6 rings (SSSR count). The molecular formula is C37H42BrN3O8. The van der Waals surface area contributed by atoms with Crippen LogP contribution in [-0.2, 0) is 28.7 Å². The largest absolute Gasteiger partial charge is 0.497 e. The maximum atomic E-state index is 14.9. The number of halogens is 1. The van der Waals surface area contributed by atoms with Crippen LogP contribution < -0.4 is 9.64 Å². The molecule has 2 saturated heterocycles. The minimum Gasteiger partial charge on any atom is -0.497 e. The van der Waals surface area contributed by atoms with Crippen LogP contribution in [0.5, 0.6) is 5.75 Å². The van der Waals surface area contributed by atoms with E-state index in [1.165, 1.54) is 4.90 Å². The number of rotatable bonds is 7. The highest BCUT2D eigenvalue weighted by Crippen LogP contribution is 2.59. The number of carbonyl (C=O) groups excluding carboxylic acids is 4. The van der Waals surface area contributed by atoms with Gasteiger partial charge in [-0.05, 0) is 62.1 Å². The Morgan fingerprint density at radius 1 is 0.980 bits per heavy atom. The number of likely N-dealkylation sites (tertiary alicyclic amines) is 1. The molecule has 3 amide bonds. The molecule has 0 saturated carbocycles. The number of nitrogens with zero attached hydrogens (tertiary/aromatic N) is 3. The lowest BCUT2D eigenvalue weighted by Gasteiger charge is -2.36. The van der Waals surface area contributed by atoms with E-state index >= 15 is 0 Å². The Kier molecular flexibility index (Phi) is 10.3. The number of aliphatic hydroxyl groups is 1. The standard InChI is InChI=1S/C37H42BrN3O8/c1-23-31(24-12-6-4-7-13-24)48-36(46)29-30-34(44)41(20-10-11-21-42)33(37(30)22-27(38)32(29)49-37)35(45)40(25-15-17-26(47-3)18-16-25)19-9-5-8-14-28(43)39(23)2/h4-7,9,12-13,15-18,22-23,29-33,42H,8,10-11,14,19-21H2,1-3H3/b9-5-/t23-,29+,30-,31+,32+,33+,37-/m1/s1. The molecule has 11 nitrogen and oxygen atoms in total. The molecule has 2 aromatic carbocycles. The van der Waals surface area contributed by atoms with Crippen LogP contribution in [-0.4, -0.2) is 96.2 Å². The van der Waals surface area contributed by atoms with Crippen LogP contribution >= 0.6 is 15.9 Å². The molecule has 2 aromatic rings. The van der Waals surface area contributed by atoms with Gasteiger partial charge < -0.3 is 34.0 Å². The third kappa shape index (κ3) is 6.30. The fourth-order valence-electron chi connectivity index (χ4n) is 7.53. The van der Waals surface area contributed by atoms with Gasteiger partial charge in [-0.1, -0.05) is 58.4 Å². The number of hydrogen-bond donors (Lipinski definition) is 1. The maximum Gasteiger partial charge on any atom is 0.313 e. The van der Waals surface area contributed by atoms with E-state index in [2.05, 4.69) is 15.9 Å². The molecule has 0 radical (unpaired) electrons. The van der Waals surface area contributed by atoms with Crippen molar-refractivity contribution in [1.82, 2.24) is 9.80 Å². The highest BCUT2D eigenvalue weighted by molar-refractivity contribution is 9.11. The van der Waals surface area contributed by atoms with Crippen LogP contribution in [0.25, 0.3) is 0 Å². The first-order valence-electron chi connectivity index (χ1n) is 16.7. The van der Waals surface area contributed by atoms with E-state index in [0.29, 0.717) is 40.7 Å². The third-order valence-corrected chi connectivity index (χ3v) is 10.9. The van der Waals surface area contributed by atoms with Gasteiger partial charge in [0.1, 0.15) is 35.5 Å². The Labute approximate surface area is 294 Å². The summed E-state index contributed by atoms with van der Waals surface area (Å²) < 4.78 is 18.9. The Bertz CT molecular complexity index is 1630. The topological polar surface area (TPSA) is 126 Å². The summed E-state index contributed by atoms with van der Waals surface area (Å²) in [6.07, 6.45) is 5.37. The molecule has 4 heterocycles. The van der Waals surface area contributed by atoms with Crippen molar-refractivity contribution >= 4 is 45.3 Å². The van der Waals surface area contributed by atoms with Crippen molar-refractivity contribution in [3.05, 3.63) is 82.9 Å². The first kappa shape index (κ1) is 34.8. The number of methoxy groups -OCH3 is 1. The van der Waals surface area contributed by atoms with E-state index in [0.717, 1.165) is 0 Å². The number of allylic oxidation sites excluding steroid dienone is 1. The van der Waals surface area contributed by atoms with Crippen LogP contribution in [0.4, 0.5) is 5.69 Å². The van der Waals surface area contributed by atoms with Crippen LogP contribution in [0.3, 0.4) is 0 Å². The van der Waals surface area contributed by atoms with E-state index in [9.17, 15) is 24.3 Å². The molecule has 12 heteroatoms. The average molecular weight is 737 g/mol. The Hall–Kier alpha value is -4.00. The number of fused-ring (bicyclic) bond motifs is 2. The van der Waals surface area contributed by atoms with Gasteiger partial charge in [-0.25, -0.2) is 0 Å². The second kappa shape index (κ2) is 14.5. The number of amides is 3. The highest BCUT2D eigenvalue weighted by Gasteiger charge is 2.75. The quantitative estimate of drug-likeness (QED) is 0.256. The van der Waals surface area contributed by atoms with E-state index in [1.54, 1.807) is 54.3 Å². The predicted octanol–water partition coefficient (Wildman–Crippen LogP) is 4.16. The number of likely N-dealkylation sites (N-methyl/N-ethyl adjacent to an activating group) is 1.